The molecule has 18 heavy (non-hydrogen) atoms. The number of hydrogen-bond acceptors (Lipinski definition) is 4. The van der Waals surface area contributed by atoms with Crippen LogP contribution in [0, 0.1) is 11.3 Å². The Morgan fingerprint density at radius 2 is 1.89 bits per heavy atom. The standard InChI is InChI=1S/C13H16N4O/c1-13(2,3)9-4-6-10(7-5-9)16-17-11(8-14)12(15)18/h4-7,16H,1-3H3,(H2,15,18)/b17-11+. The second-order valence-electron chi connectivity index (χ2n) is 4.88. The maximum atomic E-state index is 10.8. The molecule has 1 rings (SSSR count). The number of hydrogen-bond donors (Lipinski definition) is 2. The van der Waals surface area contributed by atoms with Crippen LogP contribution in [0.15, 0.2) is 29.4 Å². The molecule has 0 aliphatic rings. The van der Waals surface area contributed by atoms with Crippen molar-refractivity contribution in [2.75, 3.05) is 5.43 Å². The lowest BCUT2D eigenvalue weighted by Crippen LogP contribution is -2.22. The van der Waals surface area contributed by atoms with Crippen LogP contribution in [0.1, 0.15) is 26.3 Å². The van der Waals surface area contributed by atoms with Crippen LogP contribution in [-0.4, -0.2) is 11.6 Å². The van der Waals surface area contributed by atoms with Crippen molar-refractivity contribution in [3.05, 3.63) is 29.8 Å². The molecule has 1 amide bonds. The number of amides is 1. The summed E-state index contributed by atoms with van der Waals surface area (Å²) in [5.74, 6) is -0.851. The SMILES string of the molecule is CC(C)(C)c1ccc(N/N=C(\C#N)C(N)=O)cc1. The van der Waals surface area contributed by atoms with E-state index in [-0.39, 0.29) is 11.1 Å². The summed E-state index contributed by atoms with van der Waals surface area (Å²) in [5.41, 5.74) is 9.18. The minimum atomic E-state index is -0.851. The number of rotatable bonds is 3. The summed E-state index contributed by atoms with van der Waals surface area (Å²) >= 11 is 0. The van der Waals surface area contributed by atoms with Crippen molar-refractivity contribution in [3.8, 4) is 6.07 Å². The van der Waals surface area contributed by atoms with Gasteiger partial charge in [0.15, 0.2) is 0 Å². The molecule has 5 heteroatoms. The first kappa shape index (κ1) is 13.7. The molecule has 94 valence electrons. The smallest absolute Gasteiger partial charge is 0.280 e. The van der Waals surface area contributed by atoms with E-state index in [1.807, 2.05) is 24.3 Å². The third kappa shape index (κ3) is 3.59. The molecule has 0 spiro atoms. The van der Waals surface area contributed by atoms with Gasteiger partial charge in [-0.1, -0.05) is 32.9 Å². The van der Waals surface area contributed by atoms with E-state index >= 15 is 0 Å². The zero-order valence-electron chi connectivity index (χ0n) is 10.7. The zero-order chi connectivity index (χ0) is 13.8. The molecule has 0 aliphatic carbocycles. The molecule has 1 aromatic carbocycles. The first-order valence-corrected chi connectivity index (χ1v) is 5.48. The summed E-state index contributed by atoms with van der Waals surface area (Å²) < 4.78 is 0. The van der Waals surface area contributed by atoms with Crippen LogP contribution in [0.25, 0.3) is 0 Å². The Hall–Kier alpha value is -2.35. The number of primary amides is 1. The normalized spacial score (nSPS) is 11.8. The highest BCUT2D eigenvalue weighted by atomic mass is 16.1. The lowest BCUT2D eigenvalue weighted by atomic mass is 9.87. The monoisotopic (exact) mass is 244 g/mol. The van der Waals surface area contributed by atoms with E-state index in [0.717, 1.165) is 0 Å². The number of nitrogens with two attached hydrogens (primary N) is 1. The highest BCUT2D eigenvalue weighted by molar-refractivity contribution is 6.44. The molecular formula is C13H16N4O. The van der Waals surface area contributed by atoms with Gasteiger partial charge in [-0.15, -0.1) is 0 Å². The van der Waals surface area contributed by atoms with Gasteiger partial charge < -0.3 is 5.73 Å². The van der Waals surface area contributed by atoms with Gasteiger partial charge in [-0.05, 0) is 23.1 Å². The Balaban J connectivity index is 2.83. The Morgan fingerprint density at radius 1 is 1.33 bits per heavy atom. The Labute approximate surface area is 106 Å². The van der Waals surface area contributed by atoms with Crippen LogP contribution in [0.2, 0.25) is 0 Å². The van der Waals surface area contributed by atoms with E-state index in [2.05, 4.69) is 31.3 Å². The van der Waals surface area contributed by atoms with Gasteiger partial charge in [-0.25, -0.2) is 0 Å². The van der Waals surface area contributed by atoms with E-state index in [9.17, 15) is 4.79 Å². The highest BCUT2D eigenvalue weighted by Crippen LogP contribution is 2.23. The van der Waals surface area contributed by atoms with Crippen LogP contribution in [0.4, 0.5) is 5.69 Å². The molecule has 0 aromatic heterocycles. The average molecular weight is 244 g/mol. The first-order chi connectivity index (χ1) is 8.34. The minimum Gasteiger partial charge on any atom is -0.364 e. The first-order valence-electron chi connectivity index (χ1n) is 5.48. The summed E-state index contributed by atoms with van der Waals surface area (Å²) in [7, 11) is 0. The maximum absolute atomic E-state index is 10.8. The molecule has 0 unspecified atom stereocenters. The van der Waals surface area contributed by atoms with Crippen LogP contribution >= 0.6 is 0 Å². The van der Waals surface area contributed by atoms with E-state index in [0.29, 0.717) is 5.69 Å². The number of nitrogens with zero attached hydrogens (tertiary/aromatic N) is 2. The second kappa shape index (κ2) is 5.32. The van der Waals surface area contributed by atoms with Crippen LogP contribution in [-0.2, 0) is 10.2 Å². The molecule has 0 bridgehead atoms. The van der Waals surface area contributed by atoms with Gasteiger partial charge in [0.2, 0.25) is 5.71 Å². The van der Waals surface area contributed by atoms with E-state index < -0.39 is 5.91 Å². The molecular weight excluding hydrogens is 228 g/mol. The van der Waals surface area contributed by atoms with Gasteiger partial charge in [0.1, 0.15) is 6.07 Å². The fraction of sp³-hybridized carbons (Fsp3) is 0.308. The van der Waals surface area contributed by atoms with Crippen molar-refractivity contribution in [3.63, 3.8) is 0 Å². The van der Waals surface area contributed by atoms with Gasteiger partial charge >= 0.3 is 0 Å². The van der Waals surface area contributed by atoms with E-state index in [4.69, 9.17) is 11.0 Å². The predicted molar refractivity (Wildman–Crippen MR) is 71.0 cm³/mol. The van der Waals surface area contributed by atoms with E-state index in [1.165, 1.54) is 5.56 Å². The molecule has 5 nitrogen and oxygen atoms in total. The average Bonchev–Trinajstić information content (AvgIpc) is 2.29. The third-order valence-electron chi connectivity index (χ3n) is 2.39. The largest absolute Gasteiger partial charge is 0.364 e. The molecule has 1 aromatic rings. The number of nitrogens with one attached hydrogen (secondary N) is 1. The molecule has 0 saturated carbocycles. The molecule has 0 radical (unpaired) electrons. The van der Waals surface area contributed by atoms with Gasteiger partial charge in [-0.3, -0.25) is 10.2 Å². The number of anilines is 1. The zero-order valence-corrected chi connectivity index (χ0v) is 10.7. The number of nitriles is 1. The lowest BCUT2D eigenvalue weighted by Gasteiger charge is -2.18. The van der Waals surface area contributed by atoms with Crippen molar-refractivity contribution in [2.45, 2.75) is 26.2 Å². The summed E-state index contributed by atoms with van der Waals surface area (Å²) in [5, 5.41) is 12.2. The van der Waals surface area contributed by atoms with Crippen LogP contribution in [0.3, 0.4) is 0 Å². The van der Waals surface area contributed by atoms with Gasteiger partial charge in [0.25, 0.3) is 5.91 Å². The molecule has 0 saturated heterocycles. The Kier molecular flexibility index (Phi) is 4.05. The Morgan fingerprint density at radius 3 is 2.28 bits per heavy atom. The summed E-state index contributed by atoms with van der Waals surface area (Å²) in [6, 6.07) is 9.22. The lowest BCUT2D eigenvalue weighted by molar-refractivity contribution is -0.111. The summed E-state index contributed by atoms with van der Waals surface area (Å²) in [6.07, 6.45) is 0. The van der Waals surface area contributed by atoms with Crippen LogP contribution in [0.5, 0.6) is 0 Å². The topological polar surface area (TPSA) is 91.3 Å². The van der Waals surface area contributed by atoms with Crippen molar-refractivity contribution in [1.29, 1.82) is 5.26 Å². The van der Waals surface area contributed by atoms with Crippen molar-refractivity contribution < 1.29 is 4.79 Å². The second-order valence-corrected chi connectivity index (χ2v) is 4.88. The van der Waals surface area contributed by atoms with Gasteiger partial charge in [-0.2, -0.15) is 10.4 Å². The summed E-state index contributed by atoms with van der Waals surface area (Å²) in [6.45, 7) is 6.36. The molecule has 0 atom stereocenters. The summed E-state index contributed by atoms with van der Waals surface area (Å²) in [4.78, 5) is 10.8. The van der Waals surface area contributed by atoms with Crippen LogP contribution < -0.4 is 11.2 Å². The number of carbonyl (C=O) groups is 1. The number of benzene rings is 1. The van der Waals surface area contributed by atoms with E-state index in [1.54, 1.807) is 6.07 Å². The third-order valence-corrected chi connectivity index (χ3v) is 2.39. The molecule has 0 heterocycles. The minimum absolute atomic E-state index is 0.0762. The highest BCUT2D eigenvalue weighted by Gasteiger charge is 2.12. The molecule has 0 fully saturated rings. The quantitative estimate of drug-likeness (QED) is 0.627. The van der Waals surface area contributed by atoms with Gasteiger partial charge in [0.05, 0.1) is 5.69 Å². The van der Waals surface area contributed by atoms with Crippen molar-refractivity contribution in [1.82, 2.24) is 0 Å². The Bertz CT molecular complexity index is 503. The fourth-order valence-electron chi connectivity index (χ4n) is 1.30. The molecule has 3 N–H and O–H groups in total. The number of hydrazone groups is 1. The number of carbonyl (C=O) groups excluding carboxylic acids is 1. The van der Waals surface area contributed by atoms with Gasteiger partial charge in [0, 0.05) is 0 Å². The maximum Gasteiger partial charge on any atom is 0.280 e. The predicted octanol–water partition coefficient (Wildman–Crippen LogP) is 1.76. The fourth-order valence-corrected chi connectivity index (χ4v) is 1.30. The molecule has 0 aliphatic heterocycles. The van der Waals surface area contributed by atoms with Crippen molar-refractivity contribution >= 4 is 17.3 Å². The van der Waals surface area contributed by atoms with Crippen molar-refractivity contribution in [2.24, 2.45) is 10.8 Å².